The van der Waals surface area contributed by atoms with E-state index in [9.17, 15) is 18.3 Å². The summed E-state index contributed by atoms with van der Waals surface area (Å²) < 4.78 is 33.5. The quantitative estimate of drug-likeness (QED) is 0.295. The van der Waals surface area contributed by atoms with Crippen LogP contribution in [-0.4, -0.2) is 39.3 Å². The third-order valence-corrected chi connectivity index (χ3v) is 7.61. The molecule has 11 heteroatoms. The number of halogens is 2. The van der Waals surface area contributed by atoms with Gasteiger partial charge in [0.25, 0.3) is 15.9 Å². The molecule has 3 aromatic carbocycles. The standard InChI is InChI=1S/C24H23BrClN3O5S/c1-15-4-7-19(8-5-15)35(32,33)29(21-9-6-18(26)10-16(21)2)14-23(30)28-27-13-17-11-20(25)24(31)22(12-17)34-3/h4-13,31H,14H2,1-3H3,(H,28,30)/b27-13-. The highest BCUT2D eigenvalue weighted by Gasteiger charge is 2.28. The van der Waals surface area contributed by atoms with Gasteiger partial charge in [-0.1, -0.05) is 29.3 Å². The van der Waals surface area contributed by atoms with E-state index in [-0.39, 0.29) is 16.4 Å². The van der Waals surface area contributed by atoms with Crippen molar-refractivity contribution < 1.29 is 23.1 Å². The van der Waals surface area contributed by atoms with Crippen molar-refractivity contribution >= 4 is 55.4 Å². The molecule has 0 aliphatic carbocycles. The number of phenolic OH excluding ortho intramolecular Hbond substituents is 1. The van der Waals surface area contributed by atoms with Crippen LogP contribution in [-0.2, 0) is 14.8 Å². The first-order valence-electron chi connectivity index (χ1n) is 10.3. The van der Waals surface area contributed by atoms with Crippen LogP contribution < -0.4 is 14.5 Å². The Morgan fingerprint density at radius 1 is 1.17 bits per heavy atom. The maximum Gasteiger partial charge on any atom is 0.264 e. The van der Waals surface area contributed by atoms with Crippen molar-refractivity contribution in [2.45, 2.75) is 18.7 Å². The third kappa shape index (κ3) is 6.33. The first kappa shape index (κ1) is 26.5. The lowest BCUT2D eigenvalue weighted by Gasteiger charge is -2.25. The topological polar surface area (TPSA) is 108 Å². The Hall–Kier alpha value is -3.08. The smallest absolute Gasteiger partial charge is 0.264 e. The molecule has 0 atom stereocenters. The number of anilines is 1. The van der Waals surface area contributed by atoms with Gasteiger partial charge in [-0.05, 0) is 83.4 Å². The summed E-state index contributed by atoms with van der Waals surface area (Å²) in [5.74, 6) is -0.499. The van der Waals surface area contributed by atoms with Gasteiger partial charge in [0, 0.05) is 5.02 Å². The molecule has 0 unspecified atom stereocenters. The van der Waals surface area contributed by atoms with Crippen molar-refractivity contribution in [3.63, 3.8) is 0 Å². The molecule has 0 bridgehead atoms. The summed E-state index contributed by atoms with van der Waals surface area (Å²) in [5.41, 5.74) is 4.69. The monoisotopic (exact) mass is 579 g/mol. The average Bonchev–Trinajstić information content (AvgIpc) is 2.80. The molecule has 1 amide bonds. The maximum atomic E-state index is 13.5. The Labute approximate surface area is 217 Å². The number of hydrazone groups is 1. The van der Waals surface area contributed by atoms with Gasteiger partial charge in [0.15, 0.2) is 11.5 Å². The molecule has 8 nitrogen and oxygen atoms in total. The number of benzene rings is 3. The number of nitrogens with one attached hydrogen (secondary N) is 1. The number of aromatic hydroxyl groups is 1. The van der Waals surface area contributed by atoms with E-state index in [1.54, 1.807) is 43.3 Å². The van der Waals surface area contributed by atoms with E-state index >= 15 is 0 Å². The van der Waals surface area contributed by atoms with E-state index in [1.165, 1.54) is 31.5 Å². The predicted octanol–water partition coefficient (Wildman–Crippen LogP) is 4.78. The Kier molecular flexibility index (Phi) is 8.42. The lowest BCUT2D eigenvalue weighted by molar-refractivity contribution is -0.119. The van der Waals surface area contributed by atoms with Gasteiger partial charge in [0.2, 0.25) is 0 Å². The fourth-order valence-corrected chi connectivity index (χ4v) is 5.38. The Morgan fingerprint density at radius 2 is 1.86 bits per heavy atom. The lowest BCUT2D eigenvalue weighted by atomic mass is 10.2. The zero-order chi connectivity index (χ0) is 25.8. The van der Waals surface area contributed by atoms with Gasteiger partial charge >= 0.3 is 0 Å². The molecule has 0 radical (unpaired) electrons. The molecule has 0 saturated heterocycles. The summed E-state index contributed by atoms with van der Waals surface area (Å²) in [7, 11) is -2.66. The van der Waals surface area contributed by atoms with E-state index in [0.29, 0.717) is 26.3 Å². The molecule has 0 saturated carbocycles. The fraction of sp³-hybridized carbons (Fsp3) is 0.167. The van der Waals surface area contributed by atoms with Gasteiger partial charge in [-0.3, -0.25) is 9.10 Å². The van der Waals surface area contributed by atoms with Crippen LogP contribution in [0.25, 0.3) is 0 Å². The third-order valence-electron chi connectivity index (χ3n) is 5.00. The summed E-state index contributed by atoms with van der Waals surface area (Å²) in [5, 5.41) is 14.3. The number of hydrogen-bond acceptors (Lipinski definition) is 6. The number of amides is 1. The summed E-state index contributed by atoms with van der Waals surface area (Å²) >= 11 is 9.27. The van der Waals surface area contributed by atoms with Crippen molar-refractivity contribution in [3.8, 4) is 11.5 Å². The number of hydrogen-bond donors (Lipinski definition) is 2. The Bertz CT molecular complexity index is 1380. The number of methoxy groups -OCH3 is 1. The van der Waals surface area contributed by atoms with Crippen LogP contribution >= 0.6 is 27.5 Å². The van der Waals surface area contributed by atoms with Crippen LogP contribution in [0.3, 0.4) is 0 Å². The van der Waals surface area contributed by atoms with E-state index < -0.39 is 22.5 Å². The molecular weight excluding hydrogens is 558 g/mol. The SMILES string of the molecule is COc1cc(/C=N\NC(=O)CN(c2ccc(Cl)cc2C)S(=O)(=O)c2ccc(C)cc2)cc(Br)c1O. The average molecular weight is 581 g/mol. The molecule has 0 aliphatic rings. The van der Waals surface area contributed by atoms with Gasteiger partial charge in [-0.2, -0.15) is 5.10 Å². The van der Waals surface area contributed by atoms with Gasteiger partial charge in [-0.15, -0.1) is 0 Å². The minimum absolute atomic E-state index is 0.0507. The predicted molar refractivity (Wildman–Crippen MR) is 140 cm³/mol. The van der Waals surface area contributed by atoms with Crippen molar-refractivity contribution in [2.75, 3.05) is 18.0 Å². The molecule has 184 valence electrons. The molecule has 3 aromatic rings. The molecule has 0 spiro atoms. The highest BCUT2D eigenvalue weighted by molar-refractivity contribution is 9.10. The largest absolute Gasteiger partial charge is 0.503 e. The molecule has 2 N–H and O–H groups in total. The minimum atomic E-state index is -4.07. The number of phenols is 1. The normalized spacial score (nSPS) is 11.5. The summed E-state index contributed by atoms with van der Waals surface area (Å²) in [4.78, 5) is 12.8. The highest BCUT2D eigenvalue weighted by atomic mass is 79.9. The summed E-state index contributed by atoms with van der Waals surface area (Å²) in [6.45, 7) is 3.05. The molecule has 0 heterocycles. The second kappa shape index (κ2) is 11.1. The van der Waals surface area contributed by atoms with E-state index in [0.717, 1.165) is 9.87 Å². The van der Waals surface area contributed by atoms with Gasteiger partial charge in [0.1, 0.15) is 6.54 Å². The van der Waals surface area contributed by atoms with Crippen LogP contribution in [0.15, 0.2) is 69.1 Å². The van der Waals surface area contributed by atoms with Crippen LogP contribution in [0.2, 0.25) is 5.02 Å². The second-order valence-electron chi connectivity index (χ2n) is 7.60. The molecule has 0 aliphatic heterocycles. The number of sulfonamides is 1. The van der Waals surface area contributed by atoms with Gasteiger partial charge in [-0.25, -0.2) is 13.8 Å². The van der Waals surface area contributed by atoms with E-state index in [4.69, 9.17) is 16.3 Å². The molecule has 0 aromatic heterocycles. The zero-order valence-electron chi connectivity index (χ0n) is 19.1. The van der Waals surface area contributed by atoms with Gasteiger partial charge < -0.3 is 9.84 Å². The van der Waals surface area contributed by atoms with Crippen LogP contribution in [0.1, 0.15) is 16.7 Å². The molecule has 3 rings (SSSR count). The maximum absolute atomic E-state index is 13.5. The van der Waals surface area contributed by atoms with Gasteiger partial charge in [0.05, 0.1) is 28.4 Å². The highest BCUT2D eigenvalue weighted by Crippen LogP contribution is 2.34. The van der Waals surface area contributed by atoms with Crippen LogP contribution in [0.5, 0.6) is 11.5 Å². The molecule has 35 heavy (non-hydrogen) atoms. The number of ether oxygens (including phenoxy) is 1. The first-order valence-corrected chi connectivity index (χ1v) is 12.9. The minimum Gasteiger partial charge on any atom is -0.503 e. The molecule has 0 fully saturated rings. The Balaban J connectivity index is 1.88. The Morgan fingerprint density at radius 3 is 2.49 bits per heavy atom. The number of nitrogens with zero attached hydrogens (tertiary/aromatic N) is 2. The summed E-state index contributed by atoms with van der Waals surface area (Å²) in [6, 6.07) is 14.2. The van der Waals surface area contributed by atoms with Crippen molar-refractivity contribution in [2.24, 2.45) is 5.10 Å². The van der Waals surface area contributed by atoms with E-state index in [2.05, 4.69) is 26.5 Å². The number of aryl methyl sites for hydroxylation is 2. The van der Waals surface area contributed by atoms with Crippen LogP contribution in [0, 0.1) is 13.8 Å². The molecular formula is C24H23BrClN3O5S. The van der Waals surface area contributed by atoms with Crippen LogP contribution in [0.4, 0.5) is 5.69 Å². The van der Waals surface area contributed by atoms with Crippen molar-refractivity contribution in [1.29, 1.82) is 0 Å². The van der Waals surface area contributed by atoms with Crippen molar-refractivity contribution in [1.82, 2.24) is 5.43 Å². The van der Waals surface area contributed by atoms with Crippen molar-refractivity contribution in [3.05, 3.63) is 80.8 Å². The zero-order valence-corrected chi connectivity index (χ0v) is 22.3. The fourth-order valence-electron chi connectivity index (χ4n) is 3.20. The number of carbonyl (C=O) groups excluding carboxylic acids is 1. The second-order valence-corrected chi connectivity index (χ2v) is 10.8. The first-order chi connectivity index (χ1) is 16.5. The summed E-state index contributed by atoms with van der Waals surface area (Å²) in [6.07, 6.45) is 1.34. The van der Waals surface area contributed by atoms with E-state index in [1.807, 2.05) is 6.92 Å². The number of rotatable bonds is 8. The number of carbonyl (C=O) groups is 1. The lowest BCUT2D eigenvalue weighted by Crippen LogP contribution is -2.40.